The molecule has 2 aromatic rings. The van der Waals surface area contributed by atoms with Gasteiger partial charge in [0.15, 0.2) is 0 Å². The average Bonchev–Trinajstić information content (AvgIpc) is 2.75. The summed E-state index contributed by atoms with van der Waals surface area (Å²) in [7, 11) is 3.66. The van der Waals surface area contributed by atoms with Crippen molar-refractivity contribution in [2.45, 2.75) is 23.5 Å². The molecule has 0 bridgehead atoms. The lowest BCUT2D eigenvalue weighted by Crippen LogP contribution is -2.19. The average molecular weight is 292 g/mol. The molecule has 0 aliphatic rings. The summed E-state index contributed by atoms with van der Waals surface area (Å²) < 4.78 is 6.91. The Bertz CT molecular complexity index is 556. The molecule has 20 heavy (non-hydrogen) atoms. The van der Waals surface area contributed by atoms with Gasteiger partial charge in [0.2, 0.25) is 0 Å². The van der Waals surface area contributed by atoms with Crippen molar-refractivity contribution in [2.24, 2.45) is 7.05 Å². The van der Waals surface area contributed by atoms with Crippen LogP contribution in [0.1, 0.15) is 11.3 Å². The van der Waals surface area contributed by atoms with E-state index in [0.717, 1.165) is 28.8 Å². The first kappa shape index (κ1) is 15.0. The molecule has 0 atom stereocenters. The first-order valence-corrected chi connectivity index (χ1v) is 7.34. The predicted molar refractivity (Wildman–Crippen MR) is 79.9 cm³/mol. The molecular formula is C14H20N4OS. The third-order valence-electron chi connectivity index (χ3n) is 2.81. The topological polar surface area (TPSA) is 52.0 Å². The minimum atomic E-state index is 0.712. The van der Waals surface area contributed by atoms with Crippen LogP contribution in [0.3, 0.4) is 0 Å². The summed E-state index contributed by atoms with van der Waals surface area (Å²) in [6.45, 7) is 4.33. The van der Waals surface area contributed by atoms with Crippen LogP contribution in [0.15, 0.2) is 34.4 Å². The van der Waals surface area contributed by atoms with Gasteiger partial charge in [0.05, 0.1) is 12.3 Å². The van der Waals surface area contributed by atoms with Gasteiger partial charge < -0.3 is 10.1 Å². The van der Waals surface area contributed by atoms with Crippen molar-refractivity contribution in [3.05, 3.63) is 35.7 Å². The number of methoxy groups -OCH3 is 1. The first-order chi connectivity index (χ1) is 9.70. The Labute approximate surface area is 123 Å². The standard InChI is InChI=1S/C14H20N4OS/c1-11-9-13(18(2)17-11)20-14-12(5-4-6-16-14)10-15-7-8-19-3/h4-6,9,15H,7-8,10H2,1-3H3. The lowest BCUT2D eigenvalue weighted by atomic mass is 10.3. The molecule has 5 nitrogen and oxygen atoms in total. The van der Waals surface area contributed by atoms with Crippen LogP contribution < -0.4 is 5.32 Å². The molecule has 0 saturated carbocycles. The molecule has 6 heteroatoms. The highest BCUT2D eigenvalue weighted by Gasteiger charge is 2.09. The van der Waals surface area contributed by atoms with E-state index < -0.39 is 0 Å². The molecule has 0 aliphatic carbocycles. The second kappa shape index (κ2) is 7.42. The molecule has 0 aromatic carbocycles. The fraction of sp³-hybridized carbons (Fsp3) is 0.429. The van der Waals surface area contributed by atoms with E-state index in [9.17, 15) is 0 Å². The van der Waals surface area contributed by atoms with E-state index in [1.807, 2.05) is 30.9 Å². The largest absolute Gasteiger partial charge is 0.383 e. The molecule has 0 aliphatic heterocycles. The molecule has 2 aromatic heterocycles. The number of hydrogen-bond donors (Lipinski definition) is 1. The van der Waals surface area contributed by atoms with Crippen molar-refractivity contribution in [1.82, 2.24) is 20.1 Å². The maximum atomic E-state index is 5.03. The Kier molecular flexibility index (Phi) is 5.58. The van der Waals surface area contributed by atoms with E-state index in [2.05, 4.69) is 27.5 Å². The van der Waals surface area contributed by atoms with Crippen molar-refractivity contribution in [1.29, 1.82) is 0 Å². The van der Waals surface area contributed by atoms with Crippen LogP contribution in [-0.4, -0.2) is 35.0 Å². The highest BCUT2D eigenvalue weighted by molar-refractivity contribution is 7.99. The number of nitrogens with one attached hydrogen (secondary N) is 1. The SMILES string of the molecule is COCCNCc1cccnc1Sc1cc(C)nn1C. The van der Waals surface area contributed by atoms with Gasteiger partial charge in [-0.1, -0.05) is 17.8 Å². The zero-order valence-corrected chi connectivity index (χ0v) is 12.9. The highest BCUT2D eigenvalue weighted by atomic mass is 32.2. The molecule has 0 unspecified atom stereocenters. The van der Waals surface area contributed by atoms with E-state index >= 15 is 0 Å². The van der Waals surface area contributed by atoms with Gasteiger partial charge in [-0.3, -0.25) is 4.68 Å². The summed E-state index contributed by atoms with van der Waals surface area (Å²) in [5.41, 5.74) is 2.21. The van der Waals surface area contributed by atoms with E-state index in [1.54, 1.807) is 18.9 Å². The maximum Gasteiger partial charge on any atom is 0.107 e. The van der Waals surface area contributed by atoms with Crippen molar-refractivity contribution in [3.8, 4) is 0 Å². The zero-order valence-electron chi connectivity index (χ0n) is 12.1. The third kappa shape index (κ3) is 4.06. The molecule has 2 rings (SSSR count). The molecule has 0 saturated heterocycles. The van der Waals surface area contributed by atoms with Crippen molar-refractivity contribution in [2.75, 3.05) is 20.3 Å². The molecule has 0 spiro atoms. The predicted octanol–water partition coefficient (Wildman–Crippen LogP) is 2.01. The number of aromatic nitrogens is 3. The minimum absolute atomic E-state index is 0.712. The molecule has 2 heterocycles. The first-order valence-electron chi connectivity index (χ1n) is 6.52. The van der Waals surface area contributed by atoms with Crippen LogP contribution in [0.25, 0.3) is 0 Å². The second-order valence-electron chi connectivity index (χ2n) is 4.49. The highest BCUT2D eigenvalue weighted by Crippen LogP contribution is 2.28. The van der Waals surface area contributed by atoms with Crippen LogP contribution in [0.4, 0.5) is 0 Å². The smallest absolute Gasteiger partial charge is 0.107 e. The molecular weight excluding hydrogens is 272 g/mol. The quantitative estimate of drug-likeness (QED) is 0.791. The van der Waals surface area contributed by atoms with Crippen LogP contribution in [0, 0.1) is 6.92 Å². The number of nitrogens with zero attached hydrogens (tertiary/aromatic N) is 3. The van der Waals surface area contributed by atoms with E-state index in [-0.39, 0.29) is 0 Å². The molecule has 108 valence electrons. The summed E-state index contributed by atoms with van der Waals surface area (Å²) >= 11 is 1.64. The van der Waals surface area contributed by atoms with E-state index in [4.69, 9.17) is 4.74 Å². The van der Waals surface area contributed by atoms with Crippen molar-refractivity contribution in [3.63, 3.8) is 0 Å². The van der Waals surface area contributed by atoms with Crippen LogP contribution >= 0.6 is 11.8 Å². The van der Waals surface area contributed by atoms with Crippen molar-refractivity contribution >= 4 is 11.8 Å². The Morgan fingerprint density at radius 3 is 3.00 bits per heavy atom. The van der Waals surface area contributed by atoms with Gasteiger partial charge in [-0.25, -0.2) is 4.98 Å². The van der Waals surface area contributed by atoms with Gasteiger partial charge in [0.25, 0.3) is 0 Å². The fourth-order valence-electron chi connectivity index (χ4n) is 1.83. The maximum absolute atomic E-state index is 5.03. The Morgan fingerprint density at radius 1 is 1.45 bits per heavy atom. The van der Waals surface area contributed by atoms with Crippen molar-refractivity contribution < 1.29 is 4.74 Å². The monoisotopic (exact) mass is 292 g/mol. The third-order valence-corrected chi connectivity index (χ3v) is 3.96. The molecule has 1 N–H and O–H groups in total. The molecule has 0 radical (unpaired) electrons. The van der Waals surface area contributed by atoms with Crippen LogP contribution in [0.5, 0.6) is 0 Å². The van der Waals surface area contributed by atoms with Crippen LogP contribution in [0.2, 0.25) is 0 Å². The van der Waals surface area contributed by atoms with Gasteiger partial charge >= 0.3 is 0 Å². The summed E-state index contributed by atoms with van der Waals surface area (Å²) in [6.07, 6.45) is 1.82. The van der Waals surface area contributed by atoms with Crippen LogP contribution in [-0.2, 0) is 18.3 Å². The number of rotatable bonds is 7. The van der Waals surface area contributed by atoms with Gasteiger partial charge in [0.1, 0.15) is 10.1 Å². The zero-order chi connectivity index (χ0) is 14.4. The normalized spacial score (nSPS) is 10.9. The number of aryl methyl sites for hydroxylation is 2. The van der Waals surface area contributed by atoms with E-state index in [1.165, 1.54) is 5.56 Å². The van der Waals surface area contributed by atoms with Gasteiger partial charge in [-0.15, -0.1) is 0 Å². The van der Waals surface area contributed by atoms with E-state index in [0.29, 0.717) is 6.61 Å². The summed E-state index contributed by atoms with van der Waals surface area (Å²) in [5, 5.41) is 9.82. The number of pyridine rings is 1. The number of ether oxygens (including phenoxy) is 1. The van der Waals surface area contributed by atoms with Gasteiger partial charge in [0, 0.05) is 33.4 Å². The summed E-state index contributed by atoms with van der Waals surface area (Å²) in [5.74, 6) is 0. The Balaban J connectivity index is 2.05. The fourth-order valence-corrected chi connectivity index (χ4v) is 2.81. The van der Waals surface area contributed by atoms with Gasteiger partial charge in [-0.05, 0) is 24.6 Å². The molecule has 0 fully saturated rings. The van der Waals surface area contributed by atoms with Gasteiger partial charge in [-0.2, -0.15) is 5.10 Å². The lowest BCUT2D eigenvalue weighted by Gasteiger charge is -2.09. The lowest BCUT2D eigenvalue weighted by molar-refractivity contribution is 0.199. The number of hydrogen-bond acceptors (Lipinski definition) is 5. The molecule has 0 amide bonds. The minimum Gasteiger partial charge on any atom is -0.383 e. The Morgan fingerprint density at radius 2 is 2.30 bits per heavy atom. The Hall–Kier alpha value is -1.37. The summed E-state index contributed by atoms with van der Waals surface area (Å²) in [6, 6.07) is 6.13. The summed E-state index contributed by atoms with van der Waals surface area (Å²) in [4.78, 5) is 4.47. The second-order valence-corrected chi connectivity index (χ2v) is 5.50.